The number of nitrogens with zero attached hydrogens (tertiary/aromatic N) is 2. The number of unbranched alkanes of at least 4 members (excludes halogenated alkanes) is 30. The van der Waals surface area contributed by atoms with Gasteiger partial charge >= 0.3 is 29.6 Å². The van der Waals surface area contributed by atoms with E-state index in [1.807, 2.05) is 6.92 Å². The van der Waals surface area contributed by atoms with Gasteiger partial charge in [0.25, 0.3) is 0 Å². The summed E-state index contributed by atoms with van der Waals surface area (Å²) in [5.41, 5.74) is 0. The molecular weight excluding hydrogens is 680 g/mol. The van der Waals surface area contributed by atoms with Gasteiger partial charge in [0.1, 0.15) is 16.0 Å². The molecule has 0 saturated carbocycles. The number of amides is 2. The van der Waals surface area contributed by atoms with Crippen LogP contribution in [-0.4, -0.2) is 60.1 Å². The summed E-state index contributed by atoms with van der Waals surface area (Å²) in [6.07, 6.45) is 41.4. The van der Waals surface area contributed by atoms with E-state index in [0.717, 1.165) is 43.4 Å². The Hall–Kier alpha value is -0.150. The second-order valence-electron chi connectivity index (χ2n) is 15.4. The van der Waals surface area contributed by atoms with Crippen LogP contribution in [-0.2, 0) is 19.7 Å². The Balaban J connectivity index is 0. The molecule has 0 N–H and O–H groups in total. The third-order valence-electron chi connectivity index (χ3n) is 10.5. The molecule has 9 heteroatoms. The molecule has 0 saturated heterocycles. The Kier molecular flexibility index (Phi) is 42.0. The molecule has 0 heterocycles. The number of likely N-dealkylation sites (N-methyl/N-ethyl adjacent to an activating group) is 1. The van der Waals surface area contributed by atoms with E-state index in [-0.39, 0.29) is 60.9 Å². The average molecular weight is 765 g/mol. The fourth-order valence-corrected chi connectivity index (χ4v) is 7.77. The van der Waals surface area contributed by atoms with Crippen molar-refractivity contribution in [3.63, 3.8) is 0 Å². The SMILES string of the molecule is CCCCCCCCCCCCCCCCCCC(=O)N(CC)CCN(CS(=O)(=O)[O-])C(=O)CCCCCCCCCCCCCCCCCC.[Na+]. The van der Waals surface area contributed by atoms with Crippen molar-refractivity contribution < 1.29 is 52.1 Å². The molecule has 0 fully saturated rings. The maximum atomic E-state index is 12.9. The van der Waals surface area contributed by atoms with Crippen molar-refractivity contribution in [2.75, 3.05) is 25.5 Å². The van der Waals surface area contributed by atoms with Gasteiger partial charge in [-0.1, -0.05) is 206 Å². The van der Waals surface area contributed by atoms with Gasteiger partial charge in [-0.25, -0.2) is 8.42 Å². The van der Waals surface area contributed by atoms with Crippen LogP contribution in [0.1, 0.15) is 239 Å². The number of carbonyl (C=O) groups is 2. The van der Waals surface area contributed by atoms with Gasteiger partial charge in [0, 0.05) is 32.5 Å². The van der Waals surface area contributed by atoms with E-state index in [2.05, 4.69) is 13.8 Å². The van der Waals surface area contributed by atoms with Crippen molar-refractivity contribution in [3.05, 3.63) is 0 Å². The predicted molar refractivity (Wildman–Crippen MR) is 217 cm³/mol. The van der Waals surface area contributed by atoms with Crippen LogP contribution < -0.4 is 29.6 Å². The van der Waals surface area contributed by atoms with Gasteiger partial charge in [-0.15, -0.1) is 0 Å². The van der Waals surface area contributed by atoms with Gasteiger partial charge in [0.15, 0.2) is 0 Å². The largest absolute Gasteiger partial charge is 1.00 e. The summed E-state index contributed by atoms with van der Waals surface area (Å²) in [6.45, 7) is 7.27. The van der Waals surface area contributed by atoms with E-state index < -0.39 is 16.0 Å². The molecule has 52 heavy (non-hydrogen) atoms. The van der Waals surface area contributed by atoms with E-state index in [0.29, 0.717) is 19.4 Å². The van der Waals surface area contributed by atoms with Crippen molar-refractivity contribution in [2.45, 2.75) is 239 Å². The standard InChI is InChI=1S/C43H86N2O5S.Na/c1-4-7-9-11-13-15-17-19-21-23-25-27-29-31-33-35-37-42(46)44(6-3)39-40-45(41-51(48,49)50)43(47)38-36-34-32-30-28-26-24-22-20-18-16-14-12-10-8-5-2;/h4-41H2,1-3H3,(H,48,49,50);/q;+1/p-1. The molecular formula is C43H85N2NaO5S. The minimum atomic E-state index is -4.59. The molecule has 0 bridgehead atoms. The molecule has 0 atom stereocenters. The first-order chi connectivity index (χ1) is 24.7. The van der Waals surface area contributed by atoms with Crippen LogP contribution >= 0.6 is 0 Å². The monoisotopic (exact) mass is 765 g/mol. The zero-order valence-corrected chi connectivity index (χ0v) is 38.0. The Morgan fingerprint density at radius 3 is 0.885 bits per heavy atom. The quantitative estimate of drug-likeness (QED) is 0.0352. The Morgan fingerprint density at radius 1 is 0.404 bits per heavy atom. The number of rotatable bonds is 40. The average Bonchev–Trinajstić information content (AvgIpc) is 3.10. The van der Waals surface area contributed by atoms with Gasteiger partial charge in [-0.05, 0) is 19.8 Å². The molecule has 2 amide bonds. The van der Waals surface area contributed by atoms with E-state index in [1.165, 1.54) is 161 Å². The minimum Gasteiger partial charge on any atom is -0.747 e. The zero-order chi connectivity index (χ0) is 37.7. The van der Waals surface area contributed by atoms with Gasteiger partial charge in [-0.2, -0.15) is 0 Å². The summed E-state index contributed by atoms with van der Waals surface area (Å²) in [5.74, 6) is -1.09. The summed E-state index contributed by atoms with van der Waals surface area (Å²) in [6, 6.07) is 0. The molecule has 0 radical (unpaired) electrons. The van der Waals surface area contributed by atoms with Crippen molar-refractivity contribution in [2.24, 2.45) is 0 Å². The maximum Gasteiger partial charge on any atom is 1.00 e. The van der Waals surface area contributed by atoms with Crippen molar-refractivity contribution in [3.8, 4) is 0 Å². The fourth-order valence-electron chi connectivity index (χ4n) is 7.12. The summed E-state index contributed by atoms with van der Waals surface area (Å²) in [7, 11) is -4.59. The van der Waals surface area contributed by atoms with Crippen LogP contribution in [0.4, 0.5) is 0 Å². The normalized spacial score (nSPS) is 11.5. The molecule has 0 aromatic rings. The van der Waals surface area contributed by atoms with E-state index >= 15 is 0 Å². The summed E-state index contributed by atoms with van der Waals surface area (Å²) in [4.78, 5) is 28.6. The molecule has 0 aromatic carbocycles. The van der Waals surface area contributed by atoms with Gasteiger partial charge in [-0.3, -0.25) is 9.59 Å². The Labute approximate surface area is 346 Å². The molecule has 7 nitrogen and oxygen atoms in total. The van der Waals surface area contributed by atoms with Crippen LogP contribution in [0.2, 0.25) is 0 Å². The van der Waals surface area contributed by atoms with Crippen molar-refractivity contribution in [1.29, 1.82) is 0 Å². The number of hydrogen-bond donors (Lipinski definition) is 0. The first kappa shape index (κ1) is 54.0. The van der Waals surface area contributed by atoms with Crippen LogP contribution in [0, 0.1) is 0 Å². The Bertz CT molecular complexity index is 889. The molecule has 0 aromatic heterocycles. The van der Waals surface area contributed by atoms with E-state index in [9.17, 15) is 22.6 Å². The summed E-state index contributed by atoms with van der Waals surface area (Å²) in [5, 5.41) is 0. The Morgan fingerprint density at radius 2 is 0.635 bits per heavy atom. The predicted octanol–water partition coefficient (Wildman–Crippen LogP) is 9.47. The van der Waals surface area contributed by atoms with Gasteiger partial charge in [0.2, 0.25) is 11.8 Å². The van der Waals surface area contributed by atoms with Crippen molar-refractivity contribution in [1.82, 2.24) is 9.80 Å². The molecule has 304 valence electrons. The van der Waals surface area contributed by atoms with Crippen molar-refractivity contribution >= 4 is 21.9 Å². The third-order valence-corrected chi connectivity index (χ3v) is 11.2. The fraction of sp³-hybridized carbons (Fsp3) is 0.953. The zero-order valence-electron chi connectivity index (χ0n) is 35.2. The maximum absolute atomic E-state index is 12.9. The molecule has 0 unspecified atom stereocenters. The van der Waals surface area contributed by atoms with Crippen LogP contribution in [0.3, 0.4) is 0 Å². The van der Waals surface area contributed by atoms with Crippen LogP contribution in [0.25, 0.3) is 0 Å². The molecule has 0 aliphatic heterocycles. The smallest absolute Gasteiger partial charge is 0.747 e. The summed E-state index contributed by atoms with van der Waals surface area (Å²) >= 11 is 0. The third kappa shape index (κ3) is 38.1. The second-order valence-corrected chi connectivity index (χ2v) is 16.8. The number of hydrogen-bond acceptors (Lipinski definition) is 5. The molecule has 0 aliphatic carbocycles. The first-order valence-electron chi connectivity index (χ1n) is 22.2. The van der Waals surface area contributed by atoms with Crippen LogP contribution in [0.5, 0.6) is 0 Å². The van der Waals surface area contributed by atoms with E-state index in [4.69, 9.17) is 0 Å². The van der Waals surface area contributed by atoms with Gasteiger partial charge < -0.3 is 14.4 Å². The topological polar surface area (TPSA) is 97.8 Å². The molecule has 0 rings (SSSR count). The second kappa shape index (κ2) is 40.5. The van der Waals surface area contributed by atoms with Gasteiger partial charge in [0.05, 0.1) is 0 Å². The molecule has 0 aliphatic rings. The van der Waals surface area contributed by atoms with E-state index in [1.54, 1.807) is 4.90 Å². The van der Waals surface area contributed by atoms with Crippen LogP contribution in [0.15, 0.2) is 0 Å². The summed E-state index contributed by atoms with van der Waals surface area (Å²) < 4.78 is 34.7. The first-order valence-corrected chi connectivity index (χ1v) is 23.8. The number of carbonyl (C=O) groups excluding carboxylic acids is 2. The molecule has 0 spiro atoms. The minimum absolute atomic E-state index is 0.